The van der Waals surface area contributed by atoms with Crippen LogP contribution in [0.15, 0.2) is 48.5 Å². The molecule has 1 aromatic carbocycles. The van der Waals surface area contributed by atoms with Crippen LogP contribution >= 0.6 is 11.3 Å². The molecule has 0 fully saturated rings. The van der Waals surface area contributed by atoms with Crippen LogP contribution in [0.2, 0.25) is 0 Å². The molecule has 0 aliphatic carbocycles. The fourth-order valence-corrected chi connectivity index (χ4v) is 4.00. The van der Waals surface area contributed by atoms with Gasteiger partial charge in [-0.1, -0.05) is 25.1 Å². The quantitative estimate of drug-likeness (QED) is 0.429. The molecule has 0 aliphatic heterocycles. The summed E-state index contributed by atoms with van der Waals surface area (Å²) in [4.78, 5) is 6.40. The van der Waals surface area contributed by atoms with E-state index in [1.54, 1.807) is 19.1 Å². The lowest BCUT2D eigenvalue weighted by Gasteiger charge is -2.11. The van der Waals surface area contributed by atoms with E-state index in [2.05, 4.69) is 10.1 Å². The van der Waals surface area contributed by atoms with E-state index in [1.165, 1.54) is 16.0 Å². The molecule has 3 nitrogen and oxygen atoms in total. The van der Waals surface area contributed by atoms with Gasteiger partial charge in [-0.15, -0.1) is 11.3 Å². The third-order valence-corrected chi connectivity index (χ3v) is 5.63. The molecule has 0 unspecified atom stereocenters. The molecule has 0 atom stereocenters. The van der Waals surface area contributed by atoms with Crippen LogP contribution in [0.5, 0.6) is 0 Å². The zero-order chi connectivity index (χ0) is 19.2. The van der Waals surface area contributed by atoms with Crippen LogP contribution in [0.3, 0.4) is 0 Å². The summed E-state index contributed by atoms with van der Waals surface area (Å²) in [7, 11) is 0. The van der Waals surface area contributed by atoms with Crippen molar-refractivity contribution >= 4 is 22.4 Å². The summed E-state index contributed by atoms with van der Waals surface area (Å²) in [5, 5.41) is 4.39. The van der Waals surface area contributed by atoms with E-state index in [1.807, 2.05) is 37.3 Å². The molecule has 0 aliphatic rings. The van der Waals surface area contributed by atoms with Gasteiger partial charge in [0.25, 0.3) is 0 Å². The van der Waals surface area contributed by atoms with Crippen LogP contribution in [0, 0.1) is 6.92 Å². The highest BCUT2D eigenvalue weighted by atomic mass is 32.1. The van der Waals surface area contributed by atoms with Crippen molar-refractivity contribution in [2.75, 3.05) is 0 Å². The molecule has 3 aromatic heterocycles. The normalized spacial score (nSPS) is 12.0. The molecule has 0 radical (unpaired) electrons. The average Bonchev–Trinajstić information content (AvgIpc) is 3.26. The molecule has 0 saturated carbocycles. The van der Waals surface area contributed by atoms with Crippen molar-refractivity contribution in [3.05, 3.63) is 64.7 Å². The Bertz CT molecular complexity index is 1110. The fourth-order valence-electron chi connectivity index (χ4n) is 3.09. The number of rotatable bonds is 3. The van der Waals surface area contributed by atoms with Gasteiger partial charge in [-0.05, 0) is 43.7 Å². The first-order valence-electron chi connectivity index (χ1n) is 8.50. The highest BCUT2D eigenvalue weighted by molar-refractivity contribution is 7.15. The molecule has 0 bridgehead atoms. The summed E-state index contributed by atoms with van der Waals surface area (Å²) in [6.45, 7) is 3.60. The molecule has 0 saturated heterocycles. The Morgan fingerprint density at radius 2 is 1.81 bits per heavy atom. The van der Waals surface area contributed by atoms with Gasteiger partial charge in [-0.2, -0.15) is 18.3 Å². The van der Waals surface area contributed by atoms with Crippen molar-refractivity contribution in [2.45, 2.75) is 26.4 Å². The van der Waals surface area contributed by atoms with Gasteiger partial charge >= 0.3 is 6.18 Å². The summed E-state index contributed by atoms with van der Waals surface area (Å²) >= 11 is 1.46. The second-order valence-electron chi connectivity index (χ2n) is 6.20. The van der Waals surface area contributed by atoms with Gasteiger partial charge in [0.1, 0.15) is 0 Å². The first kappa shape index (κ1) is 17.7. The van der Waals surface area contributed by atoms with Crippen molar-refractivity contribution in [1.29, 1.82) is 0 Å². The van der Waals surface area contributed by atoms with Crippen LogP contribution in [0.25, 0.3) is 27.3 Å². The molecule has 7 heteroatoms. The van der Waals surface area contributed by atoms with Crippen molar-refractivity contribution in [3.8, 4) is 16.3 Å². The van der Waals surface area contributed by atoms with Crippen LogP contribution in [-0.2, 0) is 12.6 Å². The number of nitrogens with zero attached hydrogens (tertiary/aromatic N) is 3. The van der Waals surface area contributed by atoms with E-state index >= 15 is 0 Å². The number of aromatic nitrogens is 3. The third kappa shape index (κ3) is 3.12. The van der Waals surface area contributed by atoms with Gasteiger partial charge in [-0.25, -0.2) is 9.67 Å². The lowest BCUT2D eigenvalue weighted by atomic mass is 10.1. The summed E-state index contributed by atoms with van der Waals surface area (Å²) < 4.78 is 42.9. The minimum Gasteiger partial charge on any atom is -0.227 e. The van der Waals surface area contributed by atoms with Crippen LogP contribution in [-0.4, -0.2) is 14.8 Å². The Labute approximate surface area is 158 Å². The fraction of sp³-hybridized carbons (Fsp3) is 0.200. The smallest absolute Gasteiger partial charge is 0.227 e. The summed E-state index contributed by atoms with van der Waals surface area (Å²) in [5.74, 6) is 0. The van der Waals surface area contributed by atoms with Gasteiger partial charge in [-0.3, -0.25) is 0 Å². The zero-order valence-electron chi connectivity index (χ0n) is 14.7. The second kappa shape index (κ2) is 6.49. The lowest BCUT2D eigenvalue weighted by molar-refractivity contribution is -0.136. The SMILES string of the molecule is CCc1ccc(-c2cc(C(F)(F)F)c3c(C)nn(-c4ccccc4)c3n2)s1. The number of hydrogen-bond donors (Lipinski definition) is 0. The predicted octanol–water partition coefficient (Wildman–Crippen LogP) is 6.04. The maximum atomic E-state index is 13.8. The number of aryl methyl sites for hydroxylation is 2. The molecular formula is C20H16F3N3S. The monoisotopic (exact) mass is 387 g/mol. The van der Waals surface area contributed by atoms with Gasteiger partial charge in [0.2, 0.25) is 0 Å². The van der Waals surface area contributed by atoms with Gasteiger partial charge in [0.15, 0.2) is 5.65 Å². The van der Waals surface area contributed by atoms with E-state index in [-0.39, 0.29) is 11.0 Å². The number of fused-ring (bicyclic) bond motifs is 1. The predicted molar refractivity (Wildman–Crippen MR) is 101 cm³/mol. The Hall–Kier alpha value is -2.67. The molecule has 4 rings (SSSR count). The molecule has 0 spiro atoms. The third-order valence-electron chi connectivity index (χ3n) is 4.38. The molecule has 138 valence electrons. The largest absolute Gasteiger partial charge is 0.417 e. The van der Waals surface area contributed by atoms with Crippen molar-refractivity contribution in [1.82, 2.24) is 14.8 Å². The minimum atomic E-state index is -4.49. The van der Waals surface area contributed by atoms with Gasteiger partial charge < -0.3 is 0 Å². The van der Waals surface area contributed by atoms with Crippen molar-refractivity contribution < 1.29 is 13.2 Å². The number of hydrogen-bond acceptors (Lipinski definition) is 3. The summed E-state index contributed by atoms with van der Waals surface area (Å²) in [6.07, 6.45) is -3.66. The first-order chi connectivity index (χ1) is 12.9. The molecule has 0 N–H and O–H groups in total. The van der Waals surface area contributed by atoms with E-state index in [4.69, 9.17) is 0 Å². The Balaban J connectivity index is 2.04. The summed E-state index contributed by atoms with van der Waals surface area (Å²) in [6, 6.07) is 14.0. The maximum Gasteiger partial charge on any atom is 0.417 e. The summed E-state index contributed by atoms with van der Waals surface area (Å²) in [5.41, 5.74) is 0.815. The first-order valence-corrected chi connectivity index (χ1v) is 9.32. The van der Waals surface area contributed by atoms with E-state index in [0.29, 0.717) is 17.1 Å². The maximum absolute atomic E-state index is 13.8. The van der Waals surface area contributed by atoms with E-state index < -0.39 is 11.7 Å². The molecule has 3 heterocycles. The highest BCUT2D eigenvalue weighted by Crippen LogP contribution is 2.39. The highest BCUT2D eigenvalue weighted by Gasteiger charge is 2.36. The van der Waals surface area contributed by atoms with Crippen LogP contribution in [0.4, 0.5) is 13.2 Å². The van der Waals surface area contributed by atoms with Crippen LogP contribution < -0.4 is 0 Å². The lowest BCUT2D eigenvalue weighted by Crippen LogP contribution is -2.07. The van der Waals surface area contributed by atoms with Crippen molar-refractivity contribution in [3.63, 3.8) is 0 Å². The number of para-hydroxylation sites is 1. The Morgan fingerprint density at radius 3 is 2.44 bits per heavy atom. The van der Waals surface area contributed by atoms with Crippen LogP contribution in [0.1, 0.15) is 23.1 Å². The molecule has 27 heavy (non-hydrogen) atoms. The van der Waals surface area contributed by atoms with Crippen molar-refractivity contribution in [2.24, 2.45) is 0 Å². The van der Waals surface area contributed by atoms with Gasteiger partial charge in [0.05, 0.1) is 32.9 Å². The number of benzene rings is 1. The average molecular weight is 387 g/mol. The number of pyridine rings is 1. The molecule has 4 aromatic rings. The molecule has 0 amide bonds. The number of alkyl halides is 3. The second-order valence-corrected chi connectivity index (χ2v) is 7.37. The van der Waals surface area contributed by atoms with Gasteiger partial charge in [0, 0.05) is 4.88 Å². The Kier molecular flexibility index (Phi) is 4.26. The topological polar surface area (TPSA) is 30.7 Å². The Morgan fingerprint density at radius 1 is 1.07 bits per heavy atom. The number of halogens is 3. The minimum absolute atomic E-state index is 0.0439. The number of thiophene rings is 1. The van der Waals surface area contributed by atoms with E-state index in [9.17, 15) is 13.2 Å². The van der Waals surface area contributed by atoms with E-state index in [0.717, 1.165) is 22.2 Å². The zero-order valence-corrected chi connectivity index (χ0v) is 15.5. The standard InChI is InChI=1S/C20H16F3N3S/c1-3-14-9-10-17(27-14)16-11-15(20(21,22)23)18-12(2)25-26(19(18)24-16)13-7-5-4-6-8-13/h4-11H,3H2,1-2H3. The molecular weight excluding hydrogens is 371 g/mol.